The van der Waals surface area contributed by atoms with Gasteiger partial charge in [0.15, 0.2) is 6.29 Å². The van der Waals surface area contributed by atoms with E-state index >= 15 is 0 Å². The highest BCUT2D eigenvalue weighted by molar-refractivity contribution is 5.74. The second kappa shape index (κ2) is 3.17. The topological polar surface area (TPSA) is 42.2 Å². The molecular weight excluding hydrogens is 130 g/mol. The predicted octanol–water partition coefficient (Wildman–Crippen LogP) is 0.293. The maximum Gasteiger partial charge on any atom is 0.151 e. The van der Waals surface area contributed by atoms with Gasteiger partial charge in [0.05, 0.1) is 6.61 Å². The Morgan fingerprint density at radius 2 is 2.50 bits per heavy atom. The van der Waals surface area contributed by atoms with Crippen molar-refractivity contribution >= 4 is 6.29 Å². The number of hydrogen-bond donors (Lipinski definition) is 1. The van der Waals surface area contributed by atoms with Crippen molar-refractivity contribution in [1.82, 2.24) is 4.57 Å². The van der Waals surface area contributed by atoms with Gasteiger partial charge in [-0.25, -0.2) is 0 Å². The van der Waals surface area contributed by atoms with E-state index in [0.717, 1.165) is 6.29 Å². The van der Waals surface area contributed by atoms with E-state index in [0.29, 0.717) is 12.1 Å². The Bertz CT molecular complexity index is 217. The zero-order valence-electron chi connectivity index (χ0n) is 5.53. The van der Waals surface area contributed by atoms with Crippen LogP contribution < -0.4 is 0 Å². The van der Waals surface area contributed by atoms with Crippen molar-refractivity contribution in [2.24, 2.45) is 0 Å². The number of aromatic nitrogens is 1. The highest BCUT2D eigenvalue weighted by Crippen LogP contribution is 1.96. The molecule has 0 aliphatic heterocycles. The van der Waals surface area contributed by atoms with Crippen molar-refractivity contribution in [2.45, 2.75) is 6.54 Å². The monoisotopic (exact) mass is 139 g/mol. The number of aliphatic hydroxyl groups is 1. The lowest BCUT2D eigenvalue weighted by atomic mass is 10.4. The molecule has 0 saturated heterocycles. The molecule has 0 saturated carbocycles. The van der Waals surface area contributed by atoms with Gasteiger partial charge >= 0.3 is 0 Å². The SMILES string of the molecule is O=Cc1ccn(CCO)c1. The fourth-order valence-corrected chi connectivity index (χ4v) is 0.784. The third-order valence-electron chi connectivity index (χ3n) is 1.27. The second-order valence-electron chi connectivity index (χ2n) is 2.02. The maximum absolute atomic E-state index is 10.1. The van der Waals surface area contributed by atoms with Gasteiger partial charge in [-0.2, -0.15) is 0 Å². The van der Waals surface area contributed by atoms with Crippen molar-refractivity contribution in [2.75, 3.05) is 6.61 Å². The summed E-state index contributed by atoms with van der Waals surface area (Å²) >= 11 is 0. The predicted molar refractivity (Wildman–Crippen MR) is 36.9 cm³/mol. The summed E-state index contributed by atoms with van der Waals surface area (Å²) in [6, 6.07) is 1.71. The van der Waals surface area contributed by atoms with E-state index < -0.39 is 0 Å². The van der Waals surface area contributed by atoms with Crippen molar-refractivity contribution < 1.29 is 9.90 Å². The molecule has 10 heavy (non-hydrogen) atoms. The molecule has 0 atom stereocenters. The van der Waals surface area contributed by atoms with Crippen LogP contribution in [0.2, 0.25) is 0 Å². The number of nitrogens with zero attached hydrogens (tertiary/aromatic N) is 1. The molecule has 0 radical (unpaired) electrons. The Morgan fingerprint density at radius 3 is 3.00 bits per heavy atom. The molecule has 0 aromatic carbocycles. The van der Waals surface area contributed by atoms with Gasteiger partial charge in [-0.05, 0) is 6.07 Å². The zero-order chi connectivity index (χ0) is 7.40. The molecule has 0 spiro atoms. The molecule has 0 aliphatic rings. The Labute approximate surface area is 58.9 Å². The van der Waals surface area contributed by atoms with Crippen LogP contribution in [0.25, 0.3) is 0 Å². The summed E-state index contributed by atoms with van der Waals surface area (Å²) in [5.41, 5.74) is 0.647. The fraction of sp³-hybridized carbons (Fsp3) is 0.286. The lowest BCUT2D eigenvalue weighted by Crippen LogP contribution is -1.97. The first kappa shape index (κ1) is 7.02. The highest BCUT2D eigenvalue weighted by atomic mass is 16.3. The molecule has 1 N–H and O–H groups in total. The number of carbonyl (C=O) groups is 1. The smallest absolute Gasteiger partial charge is 0.151 e. The maximum atomic E-state index is 10.1. The largest absolute Gasteiger partial charge is 0.395 e. The van der Waals surface area contributed by atoms with Crippen molar-refractivity contribution in [1.29, 1.82) is 0 Å². The summed E-state index contributed by atoms with van der Waals surface area (Å²) in [4.78, 5) is 10.1. The first-order valence-electron chi connectivity index (χ1n) is 3.08. The number of aliphatic hydroxyl groups excluding tert-OH is 1. The molecule has 0 unspecified atom stereocenters. The molecule has 0 bridgehead atoms. The van der Waals surface area contributed by atoms with Crippen LogP contribution in [0.1, 0.15) is 10.4 Å². The van der Waals surface area contributed by atoms with Gasteiger partial charge in [-0.3, -0.25) is 4.79 Å². The standard InChI is InChI=1S/C7H9NO2/c9-4-3-8-2-1-7(5-8)6-10/h1-2,5-6,9H,3-4H2. The van der Waals surface area contributed by atoms with Crippen molar-refractivity contribution in [3.8, 4) is 0 Å². The molecule has 3 nitrogen and oxygen atoms in total. The zero-order valence-corrected chi connectivity index (χ0v) is 5.53. The van der Waals surface area contributed by atoms with E-state index in [9.17, 15) is 4.79 Å². The van der Waals surface area contributed by atoms with Gasteiger partial charge in [0.1, 0.15) is 0 Å². The molecular formula is C7H9NO2. The van der Waals surface area contributed by atoms with Crippen LogP contribution in [-0.2, 0) is 6.54 Å². The average Bonchev–Trinajstić information content (AvgIpc) is 2.37. The van der Waals surface area contributed by atoms with E-state index in [1.165, 1.54) is 0 Å². The summed E-state index contributed by atoms with van der Waals surface area (Å²) < 4.78 is 1.77. The van der Waals surface area contributed by atoms with Crippen molar-refractivity contribution in [3.63, 3.8) is 0 Å². The quantitative estimate of drug-likeness (QED) is 0.612. The van der Waals surface area contributed by atoms with Crippen LogP contribution in [0.4, 0.5) is 0 Å². The van der Waals surface area contributed by atoms with Crippen LogP contribution >= 0.6 is 0 Å². The van der Waals surface area contributed by atoms with Gasteiger partial charge in [0, 0.05) is 24.5 Å². The number of rotatable bonds is 3. The first-order valence-corrected chi connectivity index (χ1v) is 3.08. The molecule has 1 heterocycles. The minimum Gasteiger partial charge on any atom is -0.395 e. The van der Waals surface area contributed by atoms with Crippen LogP contribution in [0, 0.1) is 0 Å². The molecule has 54 valence electrons. The van der Waals surface area contributed by atoms with Crippen LogP contribution in [-0.4, -0.2) is 22.6 Å². The van der Waals surface area contributed by atoms with E-state index in [1.54, 1.807) is 23.0 Å². The Kier molecular flexibility index (Phi) is 2.23. The average molecular weight is 139 g/mol. The fourth-order valence-electron chi connectivity index (χ4n) is 0.784. The van der Waals surface area contributed by atoms with Crippen molar-refractivity contribution in [3.05, 3.63) is 24.0 Å². The Hall–Kier alpha value is -1.09. The van der Waals surface area contributed by atoms with E-state index in [4.69, 9.17) is 5.11 Å². The summed E-state index contributed by atoms with van der Waals surface area (Å²) in [6.45, 7) is 0.654. The van der Waals surface area contributed by atoms with Gasteiger partial charge in [-0.15, -0.1) is 0 Å². The van der Waals surface area contributed by atoms with Gasteiger partial charge in [-0.1, -0.05) is 0 Å². The number of hydrogen-bond acceptors (Lipinski definition) is 2. The number of aldehydes is 1. The van der Waals surface area contributed by atoms with Gasteiger partial charge in [0.2, 0.25) is 0 Å². The molecule has 0 aliphatic carbocycles. The minimum atomic E-state index is 0.104. The Morgan fingerprint density at radius 1 is 1.70 bits per heavy atom. The summed E-state index contributed by atoms with van der Waals surface area (Å²) in [5, 5.41) is 8.49. The normalized spacial score (nSPS) is 9.70. The van der Waals surface area contributed by atoms with Gasteiger partial charge in [0.25, 0.3) is 0 Å². The highest BCUT2D eigenvalue weighted by Gasteiger charge is 1.92. The molecule has 0 fully saturated rings. The Balaban J connectivity index is 2.68. The molecule has 1 rings (SSSR count). The summed E-state index contributed by atoms with van der Waals surface area (Å²) in [7, 11) is 0. The van der Waals surface area contributed by atoms with E-state index in [1.807, 2.05) is 0 Å². The first-order chi connectivity index (χ1) is 4.86. The molecule has 3 heteroatoms. The second-order valence-corrected chi connectivity index (χ2v) is 2.02. The van der Waals surface area contributed by atoms with E-state index in [2.05, 4.69) is 0 Å². The lowest BCUT2D eigenvalue weighted by Gasteiger charge is -1.94. The third kappa shape index (κ3) is 1.45. The number of carbonyl (C=O) groups excluding carboxylic acids is 1. The van der Waals surface area contributed by atoms with E-state index in [-0.39, 0.29) is 6.61 Å². The third-order valence-corrected chi connectivity index (χ3v) is 1.27. The molecule has 1 aromatic rings. The summed E-state index contributed by atoms with van der Waals surface area (Å²) in [6.07, 6.45) is 4.25. The van der Waals surface area contributed by atoms with Crippen LogP contribution in [0.15, 0.2) is 18.5 Å². The van der Waals surface area contributed by atoms with Crippen LogP contribution in [0.5, 0.6) is 0 Å². The lowest BCUT2D eigenvalue weighted by molar-refractivity contribution is 0.112. The summed E-state index contributed by atoms with van der Waals surface area (Å²) in [5.74, 6) is 0. The van der Waals surface area contributed by atoms with Crippen LogP contribution in [0.3, 0.4) is 0 Å². The minimum absolute atomic E-state index is 0.104. The van der Waals surface area contributed by atoms with Gasteiger partial charge < -0.3 is 9.67 Å². The molecule has 1 aromatic heterocycles. The molecule has 0 amide bonds.